The minimum absolute atomic E-state index is 0.0204. The van der Waals surface area contributed by atoms with E-state index in [0.717, 1.165) is 12.1 Å². The molecule has 0 amide bonds. The second kappa shape index (κ2) is 5.76. The van der Waals surface area contributed by atoms with E-state index in [-0.39, 0.29) is 22.0 Å². The van der Waals surface area contributed by atoms with Crippen molar-refractivity contribution < 1.29 is 14.8 Å². The number of nitrogens with zero attached hydrogens (tertiary/aromatic N) is 3. The normalized spacial score (nSPS) is 10.2. The van der Waals surface area contributed by atoms with Gasteiger partial charge in [0, 0.05) is 25.4 Å². The van der Waals surface area contributed by atoms with Crippen molar-refractivity contribution in [1.29, 1.82) is 0 Å². The monoisotopic (exact) mass is 307 g/mol. The number of halogens is 1. The lowest BCUT2D eigenvalue weighted by molar-refractivity contribution is -0.384. The zero-order valence-electron chi connectivity index (χ0n) is 10.9. The fourth-order valence-electron chi connectivity index (χ4n) is 1.88. The summed E-state index contributed by atoms with van der Waals surface area (Å²) >= 11 is 6.04. The van der Waals surface area contributed by atoms with Crippen LogP contribution in [0.2, 0.25) is 5.02 Å². The number of hydrogen-bond donors (Lipinski definition) is 1. The molecule has 0 spiro atoms. The summed E-state index contributed by atoms with van der Waals surface area (Å²) in [6.07, 6.45) is 3.11. The SMILES string of the molecule is CN(c1cccnc1)c1c(Cl)cc([N+](=O)[O-])cc1C(=O)O. The van der Waals surface area contributed by atoms with E-state index in [1.807, 2.05) is 0 Å². The Hall–Kier alpha value is -2.67. The molecular weight excluding hydrogens is 298 g/mol. The highest BCUT2D eigenvalue weighted by atomic mass is 35.5. The molecule has 1 heterocycles. The van der Waals surface area contributed by atoms with Crippen LogP contribution in [0.25, 0.3) is 0 Å². The minimum atomic E-state index is -1.30. The molecule has 21 heavy (non-hydrogen) atoms. The summed E-state index contributed by atoms with van der Waals surface area (Å²) in [6.45, 7) is 0. The lowest BCUT2D eigenvalue weighted by atomic mass is 10.1. The summed E-state index contributed by atoms with van der Waals surface area (Å²) in [4.78, 5) is 26.9. The molecular formula is C13H10ClN3O4. The summed E-state index contributed by atoms with van der Waals surface area (Å²) in [6, 6.07) is 5.51. The first-order valence-electron chi connectivity index (χ1n) is 5.77. The van der Waals surface area contributed by atoms with Crippen LogP contribution >= 0.6 is 11.6 Å². The van der Waals surface area contributed by atoms with E-state index in [9.17, 15) is 20.0 Å². The molecule has 2 rings (SSSR count). The molecule has 2 aromatic rings. The van der Waals surface area contributed by atoms with Gasteiger partial charge in [-0.2, -0.15) is 0 Å². The molecule has 0 bridgehead atoms. The number of anilines is 2. The highest BCUT2D eigenvalue weighted by Crippen LogP contribution is 2.36. The number of benzene rings is 1. The first kappa shape index (κ1) is 14.7. The second-order valence-corrected chi connectivity index (χ2v) is 4.56. The van der Waals surface area contributed by atoms with E-state index in [4.69, 9.17) is 11.6 Å². The number of hydrogen-bond acceptors (Lipinski definition) is 5. The number of non-ortho nitro benzene ring substituents is 1. The van der Waals surface area contributed by atoms with Crippen LogP contribution in [0.4, 0.5) is 17.1 Å². The average Bonchev–Trinajstić information content (AvgIpc) is 2.46. The Labute approximate surface area is 124 Å². The van der Waals surface area contributed by atoms with Gasteiger partial charge in [-0.25, -0.2) is 4.79 Å². The first-order chi connectivity index (χ1) is 9.91. The van der Waals surface area contributed by atoms with Crippen molar-refractivity contribution in [3.05, 3.63) is 57.4 Å². The zero-order valence-corrected chi connectivity index (χ0v) is 11.6. The number of carboxylic acid groups (broad SMARTS) is 1. The summed E-state index contributed by atoms with van der Waals surface area (Å²) in [5, 5.41) is 20.1. The number of carboxylic acids is 1. The molecule has 0 atom stereocenters. The van der Waals surface area contributed by atoms with Crippen molar-refractivity contribution >= 4 is 34.6 Å². The second-order valence-electron chi connectivity index (χ2n) is 4.16. The smallest absolute Gasteiger partial charge is 0.338 e. The predicted octanol–water partition coefficient (Wildman–Crippen LogP) is 3.11. The number of aromatic nitrogens is 1. The molecule has 108 valence electrons. The van der Waals surface area contributed by atoms with Gasteiger partial charge in [-0.05, 0) is 12.1 Å². The van der Waals surface area contributed by atoms with Crippen LogP contribution in [-0.4, -0.2) is 28.0 Å². The van der Waals surface area contributed by atoms with Crippen LogP contribution in [0.15, 0.2) is 36.7 Å². The van der Waals surface area contributed by atoms with Crippen LogP contribution in [0.5, 0.6) is 0 Å². The third-order valence-corrected chi connectivity index (χ3v) is 3.15. The third-order valence-electron chi connectivity index (χ3n) is 2.86. The Bertz CT molecular complexity index is 706. The van der Waals surface area contributed by atoms with Crippen LogP contribution in [0.1, 0.15) is 10.4 Å². The Morgan fingerprint density at radius 1 is 1.48 bits per heavy atom. The highest BCUT2D eigenvalue weighted by Gasteiger charge is 2.23. The van der Waals surface area contributed by atoms with Gasteiger partial charge in [0.25, 0.3) is 5.69 Å². The maximum atomic E-state index is 11.4. The maximum Gasteiger partial charge on any atom is 0.338 e. The van der Waals surface area contributed by atoms with Gasteiger partial charge in [-0.3, -0.25) is 15.1 Å². The molecule has 1 N–H and O–H groups in total. The third kappa shape index (κ3) is 2.92. The van der Waals surface area contributed by atoms with Gasteiger partial charge in [-0.1, -0.05) is 11.6 Å². The minimum Gasteiger partial charge on any atom is -0.478 e. The first-order valence-corrected chi connectivity index (χ1v) is 6.14. The van der Waals surface area contributed by atoms with E-state index in [2.05, 4.69) is 4.98 Å². The molecule has 0 fully saturated rings. The topological polar surface area (TPSA) is 96.6 Å². The maximum absolute atomic E-state index is 11.4. The summed E-state index contributed by atoms with van der Waals surface area (Å²) in [5.41, 5.74) is 0.153. The zero-order chi connectivity index (χ0) is 15.6. The van der Waals surface area contributed by atoms with Crippen LogP contribution in [-0.2, 0) is 0 Å². The summed E-state index contributed by atoms with van der Waals surface area (Å²) in [7, 11) is 1.61. The lowest BCUT2D eigenvalue weighted by Crippen LogP contribution is -2.15. The van der Waals surface area contributed by atoms with Crippen molar-refractivity contribution in [3.63, 3.8) is 0 Å². The Morgan fingerprint density at radius 3 is 2.71 bits per heavy atom. The molecule has 0 aliphatic rings. The van der Waals surface area contributed by atoms with Crippen molar-refractivity contribution in [2.45, 2.75) is 0 Å². The van der Waals surface area contributed by atoms with E-state index < -0.39 is 10.9 Å². The van der Waals surface area contributed by atoms with Gasteiger partial charge in [0.1, 0.15) is 0 Å². The largest absolute Gasteiger partial charge is 0.478 e. The van der Waals surface area contributed by atoms with Gasteiger partial charge in [0.2, 0.25) is 0 Å². The molecule has 0 aliphatic carbocycles. The average molecular weight is 308 g/mol. The standard InChI is InChI=1S/C13H10ClN3O4/c1-16(8-3-2-4-15-7-8)12-10(13(18)19)5-9(17(20)21)6-11(12)14/h2-7H,1H3,(H,18,19). The molecule has 0 saturated heterocycles. The van der Waals surface area contributed by atoms with E-state index in [1.165, 1.54) is 11.1 Å². The molecule has 8 heteroatoms. The van der Waals surface area contributed by atoms with E-state index >= 15 is 0 Å². The predicted molar refractivity (Wildman–Crippen MR) is 77.4 cm³/mol. The van der Waals surface area contributed by atoms with Crippen LogP contribution < -0.4 is 4.90 Å². The van der Waals surface area contributed by atoms with Crippen LogP contribution in [0.3, 0.4) is 0 Å². The van der Waals surface area contributed by atoms with Crippen molar-refractivity contribution in [2.75, 3.05) is 11.9 Å². The van der Waals surface area contributed by atoms with Gasteiger partial charge in [0.05, 0.1) is 33.1 Å². The highest BCUT2D eigenvalue weighted by molar-refractivity contribution is 6.34. The lowest BCUT2D eigenvalue weighted by Gasteiger charge is -2.22. The molecule has 7 nitrogen and oxygen atoms in total. The van der Waals surface area contributed by atoms with Crippen LogP contribution in [0, 0.1) is 10.1 Å². The van der Waals surface area contributed by atoms with Crippen molar-refractivity contribution in [3.8, 4) is 0 Å². The summed E-state index contributed by atoms with van der Waals surface area (Å²) < 4.78 is 0. The molecule has 1 aromatic heterocycles. The Balaban J connectivity index is 2.62. The van der Waals surface area contributed by atoms with Gasteiger partial charge < -0.3 is 10.0 Å². The molecule has 0 aliphatic heterocycles. The molecule has 0 unspecified atom stereocenters. The number of aromatic carboxylic acids is 1. The number of nitro groups is 1. The van der Waals surface area contributed by atoms with Gasteiger partial charge in [-0.15, -0.1) is 0 Å². The van der Waals surface area contributed by atoms with Gasteiger partial charge in [0.15, 0.2) is 0 Å². The summed E-state index contributed by atoms with van der Waals surface area (Å²) in [5.74, 6) is -1.30. The van der Waals surface area contributed by atoms with Crippen molar-refractivity contribution in [1.82, 2.24) is 4.98 Å². The molecule has 1 aromatic carbocycles. The number of carbonyl (C=O) groups is 1. The Morgan fingerprint density at radius 2 is 2.19 bits per heavy atom. The van der Waals surface area contributed by atoms with Gasteiger partial charge >= 0.3 is 5.97 Å². The van der Waals surface area contributed by atoms with Crippen molar-refractivity contribution in [2.24, 2.45) is 0 Å². The van der Waals surface area contributed by atoms with E-state index in [0.29, 0.717) is 5.69 Å². The fourth-order valence-corrected chi connectivity index (χ4v) is 2.22. The quantitative estimate of drug-likeness (QED) is 0.688. The number of nitro benzene ring substituents is 1. The number of pyridine rings is 1. The molecule has 0 radical (unpaired) electrons. The Kier molecular flexibility index (Phi) is 4.04. The molecule has 0 saturated carbocycles. The number of rotatable bonds is 4. The van der Waals surface area contributed by atoms with E-state index in [1.54, 1.807) is 25.4 Å². The fraction of sp³-hybridized carbons (Fsp3) is 0.0769.